The molecule has 0 atom stereocenters. The number of hydrogen-bond acceptors (Lipinski definition) is 5. The number of rotatable bonds is 4. The third kappa shape index (κ3) is 3.07. The highest BCUT2D eigenvalue weighted by Crippen LogP contribution is 2.38. The largest absolute Gasteiger partial charge is 0.491 e. The minimum Gasteiger partial charge on any atom is -0.400 e. The van der Waals surface area contributed by atoms with Crippen LogP contribution in [0.25, 0.3) is 6.08 Å². The van der Waals surface area contributed by atoms with Crippen molar-refractivity contribution in [2.75, 3.05) is 6.54 Å². The van der Waals surface area contributed by atoms with Gasteiger partial charge in [-0.2, -0.15) is 0 Å². The summed E-state index contributed by atoms with van der Waals surface area (Å²) < 4.78 is 12.0. The third-order valence-corrected chi connectivity index (χ3v) is 4.15. The zero-order valence-corrected chi connectivity index (χ0v) is 12.9. The summed E-state index contributed by atoms with van der Waals surface area (Å²) in [7, 11) is -0.514. The van der Waals surface area contributed by atoms with E-state index >= 15 is 0 Å². The molecule has 0 bridgehead atoms. The SMILES string of the molecule is CC1(C)OB(C(=Cc2cnccc2C=O)CN)OC1(C)C. The van der Waals surface area contributed by atoms with E-state index in [0.717, 1.165) is 11.8 Å². The van der Waals surface area contributed by atoms with Crippen molar-refractivity contribution in [1.29, 1.82) is 0 Å². The van der Waals surface area contributed by atoms with E-state index < -0.39 is 18.3 Å². The molecule has 0 spiro atoms. The van der Waals surface area contributed by atoms with E-state index in [1.807, 2.05) is 33.8 Å². The summed E-state index contributed by atoms with van der Waals surface area (Å²) in [5.74, 6) is 0. The Labute approximate surface area is 125 Å². The summed E-state index contributed by atoms with van der Waals surface area (Å²) in [6.07, 6.45) is 5.83. The standard InChI is InChI=1S/C15H21BN2O3/c1-14(2)15(3,4)21-16(20-14)13(8-17)7-12-9-18-6-5-11(12)10-19/h5-7,9-10H,8,17H2,1-4H3. The maximum Gasteiger partial charge on any atom is 0.491 e. The van der Waals surface area contributed by atoms with Gasteiger partial charge in [-0.1, -0.05) is 6.08 Å². The number of hydrogen-bond donors (Lipinski definition) is 1. The van der Waals surface area contributed by atoms with Gasteiger partial charge in [0.1, 0.15) is 0 Å². The van der Waals surface area contributed by atoms with E-state index in [1.54, 1.807) is 18.5 Å². The molecule has 1 aliphatic rings. The molecule has 5 nitrogen and oxygen atoms in total. The number of carbonyl (C=O) groups excluding carboxylic acids is 1. The van der Waals surface area contributed by atoms with Crippen LogP contribution in [0, 0.1) is 0 Å². The fraction of sp³-hybridized carbons (Fsp3) is 0.467. The molecule has 0 radical (unpaired) electrons. The molecule has 1 saturated heterocycles. The van der Waals surface area contributed by atoms with Gasteiger partial charge in [-0.15, -0.1) is 0 Å². The van der Waals surface area contributed by atoms with Crippen LogP contribution in [0.4, 0.5) is 0 Å². The fourth-order valence-electron chi connectivity index (χ4n) is 2.06. The topological polar surface area (TPSA) is 74.4 Å². The number of nitrogens with zero attached hydrogens (tertiary/aromatic N) is 1. The molecule has 0 unspecified atom stereocenters. The van der Waals surface area contributed by atoms with Gasteiger partial charge in [-0.25, -0.2) is 0 Å². The van der Waals surface area contributed by atoms with Gasteiger partial charge in [-0.05, 0) is 39.2 Å². The maximum absolute atomic E-state index is 11.1. The summed E-state index contributed by atoms with van der Waals surface area (Å²) in [4.78, 5) is 15.1. The van der Waals surface area contributed by atoms with E-state index in [-0.39, 0.29) is 6.54 Å². The third-order valence-electron chi connectivity index (χ3n) is 4.15. The first kappa shape index (κ1) is 15.9. The predicted molar refractivity (Wildman–Crippen MR) is 82.7 cm³/mol. The number of nitrogens with two attached hydrogens (primary N) is 1. The second-order valence-corrected chi connectivity index (χ2v) is 6.13. The van der Waals surface area contributed by atoms with Crippen molar-refractivity contribution >= 4 is 19.5 Å². The second-order valence-electron chi connectivity index (χ2n) is 6.13. The Balaban J connectivity index is 2.33. The highest BCUT2D eigenvalue weighted by Gasteiger charge is 2.52. The Bertz CT molecular complexity index is 554. The predicted octanol–water partition coefficient (Wildman–Crippen LogP) is 1.87. The lowest BCUT2D eigenvalue weighted by molar-refractivity contribution is 0.00578. The Morgan fingerprint density at radius 3 is 2.43 bits per heavy atom. The molecule has 1 aromatic heterocycles. The highest BCUT2D eigenvalue weighted by molar-refractivity contribution is 6.56. The Morgan fingerprint density at radius 2 is 1.90 bits per heavy atom. The zero-order valence-electron chi connectivity index (χ0n) is 12.9. The van der Waals surface area contributed by atoms with Crippen LogP contribution in [-0.2, 0) is 9.31 Å². The Hall–Kier alpha value is -1.50. The first-order valence-corrected chi connectivity index (χ1v) is 6.96. The molecule has 112 valence electrons. The minimum atomic E-state index is -0.514. The van der Waals surface area contributed by atoms with Crippen molar-refractivity contribution in [3.63, 3.8) is 0 Å². The molecule has 1 fully saturated rings. The van der Waals surface area contributed by atoms with Crippen LogP contribution in [-0.4, -0.2) is 36.1 Å². The minimum absolute atomic E-state index is 0.282. The van der Waals surface area contributed by atoms with E-state index in [1.165, 1.54) is 0 Å². The normalized spacial score (nSPS) is 20.6. The van der Waals surface area contributed by atoms with Crippen LogP contribution in [0.3, 0.4) is 0 Å². The molecule has 0 amide bonds. The fourth-order valence-corrected chi connectivity index (χ4v) is 2.06. The van der Waals surface area contributed by atoms with Crippen molar-refractivity contribution < 1.29 is 14.1 Å². The lowest BCUT2D eigenvalue weighted by atomic mass is 9.77. The highest BCUT2D eigenvalue weighted by atomic mass is 16.7. The number of aldehydes is 1. The van der Waals surface area contributed by atoms with Crippen LogP contribution in [0.5, 0.6) is 0 Å². The molecule has 1 aromatic rings. The van der Waals surface area contributed by atoms with Crippen molar-refractivity contribution in [2.24, 2.45) is 5.73 Å². The lowest BCUT2D eigenvalue weighted by Gasteiger charge is -2.32. The van der Waals surface area contributed by atoms with Gasteiger partial charge in [-0.3, -0.25) is 9.78 Å². The summed E-state index contributed by atoms with van der Waals surface area (Å²) >= 11 is 0. The zero-order chi connectivity index (χ0) is 15.7. The maximum atomic E-state index is 11.1. The van der Waals surface area contributed by atoms with Gasteiger partial charge in [0.2, 0.25) is 0 Å². The second kappa shape index (κ2) is 5.71. The molecule has 2 N–H and O–H groups in total. The van der Waals surface area contributed by atoms with E-state index in [0.29, 0.717) is 11.1 Å². The van der Waals surface area contributed by atoms with Gasteiger partial charge < -0.3 is 15.0 Å². The summed E-state index contributed by atoms with van der Waals surface area (Å²) in [6.45, 7) is 8.23. The molecule has 0 aliphatic carbocycles. The van der Waals surface area contributed by atoms with Crippen molar-refractivity contribution in [3.05, 3.63) is 35.1 Å². The van der Waals surface area contributed by atoms with Crippen molar-refractivity contribution in [3.8, 4) is 0 Å². The van der Waals surface area contributed by atoms with Gasteiger partial charge in [0.25, 0.3) is 0 Å². The summed E-state index contributed by atoms with van der Waals surface area (Å²) in [5.41, 5.74) is 7.04. The molecular formula is C15H21BN2O3. The van der Waals surface area contributed by atoms with Gasteiger partial charge >= 0.3 is 7.12 Å². The Morgan fingerprint density at radius 1 is 1.29 bits per heavy atom. The van der Waals surface area contributed by atoms with Crippen LogP contribution >= 0.6 is 0 Å². The molecule has 21 heavy (non-hydrogen) atoms. The Kier molecular flexibility index (Phi) is 4.32. The quantitative estimate of drug-likeness (QED) is 0.676. The average Bonchev–Trinajstić information content (AvgIpc) is 2.65. The molecule has 0 saturated carbocycles. The smallest absolute Gasteiger partial charge is 0.400 e. The first-order chi connectivity index (χ1) is 9.80. The van der Waals surface area contributed by atoms with E-state index in [4.69, 9.17) is 15.0 Å². The average molecular weight is 288 g/mol. The van der Waals surface area contributed by atoms with Crippen LogP contribution < -0.4 is 5.73 Å². The molecule has 2 rings (SSSR count). The van der Waals surface area contributed by atoms with Crippen LogP contribution in [0.2, 0.25) is 0 Å². The first-order valence-electron chi connectivity index (χ1n) is 6.96. The van der Waals surface area contributed by atoms with Gasteiger partial charge in [0.15, 0.2) is 6.29 Å². The number of aromatic nitrogens is 1. The van der Waals surface area contributed by atoms with Crippen LogP contribution in [0.15, 0.2) is 23.9 Å². The molecule has 0 aromatic carbocycles. The van der Waals surface area contributed by atoms with Gasteiger partial charge in [0, 0.05) is 30.1 Å². The summed E-state index contributed by atoms with van der Waals surface area (Å²) in [6, 6.07) is 1.66. The number of pyridine rings is 1. The van der Waals surface area contributed by atoms with Crippen molar-refractivity contribution in [2.45, 2.75) is 38.9 Å². The van der Waals surface area contributed by atoms with Crippen LogP contribution in [0.1, 0.15) is 43.6 Å². The monoisotopic (exact) mass is 288 g/mol. The summed E-state index contributed by atoms with van der Waals surface area (Å²) in [5, 5.41) is 0. The van der Waals surface area contributed by atoms with Gasteiger partial charge in [0.05, 0.1) is 11.2 Å². The molecule has 6 heteroatoms. The lowest BCUT2D eigenvalue weighted by Crippen LogP contribution is -2.41. The number of carbonyl (C=O) groups is 1. The molecule has 2 heterocycles. The van der Waals surface area contributed by atoms with E-state index in [9.17, 15) is 4.79 Å². The molecule has 1 aliphatic heterocycles. The van der Waals surface area contributed by atoms with E-state index in [2.05, 4.69) is 4.98 Å². The molecular weight excluding hydrogens is 267 g/mol. The van der Waals surface area contributed by atoms with Crippen molar-refractivity contribution in [1.82, 2.24) is 4.98 Å².